The van der Waals surface area contributed by atoms with Crippen molar-refractivity contribution in [1.82, 2.24) is 4.90 Å². The Balaban J connectivity index is 2.75. The summed E-state index contributed by atoms with van der Waals surface area (Å²) in [4.78, 5) is 23.9. The molecule has 6 heteroatoms. The molecule has 1 rings (SSSR count). The van der Waals surface area contributed by atoms with Crippen LogP contribution in [-0.4, -0.2) is 42.1 Å². The van der Waals surface area contributed by atoms with Crippen molar-refractivity contribution in [3.8, 4) is 0 Å². The highest BCUT2D eigenvalue weighted by atomic mass is 35.5. The summed E-state index contributed by atoms with van der Waals surface area (Å²) in [6.07, 6.45) is -0.111. The molecule has 1 N–H and O–H groups in total. The number of amides is 1. The maximum atomic E-state index is 11.8. The van der Waals surface area contributed by atoms with E-state index in [9.17, 15) is 9.59 Å². The van der Waals surface area contributed by atoms with Crippen molar-refractivity contribution in [3.63, 3.8) is 0 Å². The van der Waals surface area contributed by atoms with E-state index in [2.05, 4.69) is 0 Å². The van der Waals surface area contributed by atoms with Crippen LogP contribution in [0.25, 0.3) is 0 Å². The summed E-state index contributed by atoms with van der Waals surface area (Å²) < 4.78 is 4.79. The topological polar surface area (TPSA) is 66.8 Å². The van der Waals surface area contributed by atoms with Gasteiger partial charge in [0.2, 0.25) is 5.91 Å². The second kappa shape index (κ2) is 7.76. The number of benzene rings is 1. The molecule has 0 aliphatic carbocycles. The highest BCUT2D eigenvalue weighted by molar-refractivity contribution is 6.31. The molecule has 0 fully saturated rings. The fourth-order valence-corrected chi connectivity index (χ4v) is 1.77. The largest absolute Gasteiger partial charge is 0.481 e. The first kappa shape index (κ1) is 15.5. The van der Waals surface area contributed by atoms with Crippen molar-refractivity contribution in [3.05, 3.63) is 34.9 Å². The maximum Gasteiger partial charge on any atom is 0.305 e. The van der Waals surface area contributed by atoms with Gasteiger partial charge in [-0.05, 0) is 11.6 Å². The van der Waals surface area contributed by atoms with E-state index >= 15 is 0 Å². The number of carboxylic acid groups (broad SMARTS) is 1. The zero-order valence-corrected chi connectivity index (χ0v) is 11.4. The highest BCUT2D eigenvalue weighted by Crippen LogP contribution is 2.17. The van der Waals surface area contributed by atoms with Crippen LogP contribution >= 0.6 is 11.6 Å². The number of carbonyl (C=O) groups is 2. The number of carboxylic acids is 1. The van der Waals surface area contributed by atoms with E-state index in [1.165, 1.54) is 12.0 Å². The average molecular weight is 286 g/mol. The monoisotopic (exact) mass is 285 g/mol. The molecule has 5 nitrogen and oxygen atoms in total. The van der Waals surface area contributed by atoms with E-state index in [-0.39, 0.29) is 32.0 Å². The minimum absolute atomic E-state index is 0.0793. The Labute approximate surface area is 116 Å². The summed E-state index contributed by atoms with van der Waals surface area (Å²) in [5.74, 6) is -1.21. The lowest BCUT2D eigenvalue weighted by molar-refractivity contribution is -0.140. The van der Waals surface area contributed by atoms with E-state index in [1.54, 1.807) is 18.2 Å². The second-order valence-electron chi connectivity index (χ2n) is 3.98. The zero-order valence-electron chi connectivity index (χ0n) is 10.6. The van der Waals surface area contributed by atoms with Gasteiger partial charge in [0.1, 0.15) is 6.61 Å². The molecule has 1 amide bonds. The van der Waals surface area contributed by atoms with Gasteiger partial charge in [0, 0.05) is 25.2 Å². The third-order valence-electron chi connectivity index (χ3n) is 2.54. The predicted molar refractivity (Wildman–Crippen MR) is 71.0 cm³/mol. The summed E-state index contributed by atoms with van der Waals surface area (Å²) in [6.45, 7) is 0.321. The molecule has 0 aliphatic heterocycles. The SMILES string of the molecule is COCC(=O)N(CCC(=O)O)Cc1ccccc1Cl. The molecule has 0 spiro atoms. The van der Waals surface area contributed by atoms with Crippen molar-refractivity contribution < 1.29 is 19.4 Å². The molecule has 0 unspecified atom stereocenters. The molecule has 0 heterocycles. The highest BCUT2D eigenvalue weighted by Gasteiger charge is 2.16. The third-order valence-corrected chi connectivity index (χ3v) is 2.90. The van der Waals surface area contributed by atoms with E-state index in [4.69, 9.17) is 21.4 Å². The molecule has 0 radical (unpaired) electrons. The molecule has 1 aromatic carbocycles. The number of carbonyl (C=O) groups excluding carboxylic acids is 1. The van der Waals surface area contributed by atoms with E-state index in [0.29, 0.717) is 5.02 Å². The Morgan fingerprint density at radius 3 is 2.63 bits per heavy atom. The number of hydrogen-bond donors (Lipinski definition) is 1. The number of rotatable bonds is 7. The molecular weight excluding hydrogens is 270 g/mol. The van der Waals surface area contributed by atoms with Gasteiger partial charge in [-0.15, -0.1) is 0 Å². The minimum atomic E-state index is -0.950. The molecule has 0 saturated carbocycles. The van der Waals surface area contributed by atoms with Gasteiger partial charge in [0.25, 0.3) is 0 Å². The average Bonchev–Trinajstić information content (AvgIpc) is 2.36. The maximum absolute atomic E-state index is 11.8. The second-order valence-corrected chi connectivity index (χ2v) is 4.39. The van der Waals surface area contributed by atoms with Gasteiger partial charge in [0.15, 0.2) is 0 Å². The van der Waals surface area contributed by atoms with Gasteiger partial charge >= 0.3 is 5.97 Å². The van der Waals surface area contributed by atoms with Crippen molar-refractivity contribution in [2.24, 2.45) is 0 Å². The molecule has 19 heavy (non-hydrogen) atoms. The molecule has 0 aromatic heterocycles. The van der Waals surface area contributed by atoms with Crippen LogP contribution < -0.4 is 0 Å². The van der Waals surface area contributed by atoms with Gasteiger partial charge < -0.3 is 14.7 Å². The minimum Gasteiger partial charge on any atom is -0.481 e. The molecule has 104 valence electrons. The lowest BCUT2D eigenvalue weighted by Crippen LogP contribution is -2.35. The molecular formula is C13H16ClNO4. The molecule has 0 atom stereocenters. The van der Waals surface area contributed by atoms with Crippen LogP contribution in [0.3, 0.4) is 0 Å². The number of hydrogen-bond acceptors (Lipinski definition) is 3. The standard InChI is InChI=1S/C13H16ClNO4/c1-19-9-12(16)15(7-6-13(17)18)8-10-4-2-3-5-11(10)14/h2-5H,6-9H2,1H3,(H,17,18). The van der Waals surface area contributed by atoms with Gasteiger partial charge in [-0.3, -0.25) is 9.59 Å². The summed E-state index contributed by atoms with van der Waals surface area (Å²) in [7, 11) is 1.42. The van der Waals surface area contributed by atoms with Crippen LogP contribution in [0.15, 0.2) is 24.3 Å². The fraction of sp³-hybridized carbons (Fsp3) is 0.385. The Kier molecular flexibility index (Phi) is 6.32. The first-order valence-corrected chi connectivity index (χ1v) is 6.14. The van der Waals surface area contributed by atoms with Crippen LogP contribution in [0.2, 0.25) is 5.02 Å². The van der Waals surface area contributed by atoms with E-state index in [0.717, 1.165) is 5.56 Å². The van der Waals surface area contributed by atoms with Crippen LogP contribution in [0.1, 0.15) is 12.0 Å². The first-order valence-electron chi connectivity index (χ1n) is 5.76. The summed E-state index contributed by atoms with van der Waals surface area (Å²) in [6, 6.07) is 7.14. The van der Waals surface area contributed by atoms with Gasteiger partial charge in [0.05, 0.1) is 6.42 Å². The fourth-order valence-electron chi connectivity index (χ4n) is 1.57. The number of halogens is 1. The number of ether oxygens (including phenoxy) is 1. The van der Waals surface area contributed by atoms with Gasteiger partial charge in [-0.2, -0.15) is 0 Å². The number of nitrogens with zero attached hydrogens (tertiary/aromatic N) is 1. The Morgan fingerprint density at radius 2 is 2.05 bits per heavy atom. The van der Waals surface area contributed by atoms with Crippen molar-refractivity contribution in [2.45, 2.75) is 13.0 Å². The Morgan fingerprint density at radius 1 is 1.37 bits per heavy atom. The predicted octanol–water partition coefficient (Wildman–Crippen LogP) is 1.79. The lowest BCUT2D eigenvalue weighted by Gasteiger charge is -2.22. The summed E-state index contributed by atoms with van der Waals surface area (Å²) >= 11 is 6.03. The Bertz CT molecular complexity index is 450. The molecule has 0 aliphatic rings. The van der Waals surface area contributed by atoms with Crippen molar-refractivity contribution in [2.75, 3.05) is 20.3 Å². The lowest BCUT2D eigenvalue weighted by atomic mass is 10.2. The summed E-state index contributed by atoms with van der Waals surface area (Å²) in [5, 5.41) is 9.25. The van der Waals surface area contributed by atoms with E-state index in [1.807, 2.05) is 6.07 Å². The molecule has 0 bridgehead atoms. The molecule has 0 saturated heterocycles. The smallest absolute Gasteiger partial charge is 0.305 e. The van der Waals surface area contributed by atoms with Crippen LogP contribution in [0.4, 0.5) is 0 Å². The quantitative estimate of drug-likeness (QED) is 0.829. The number of methoxy groups -OCH3 is 1. The summed E-state index contributed by atoms with van der Waals surface area (Å²) in [5.41, 5.74) is 0.777. The van der Waals surface area contributed by atoms with Gasteiger partial charge in [-0.1, -0.05) is 29.8 Å². The molecule has 1 aromatic rings. The van der Waals surface area contributed by atoms with Crippen molar-refractivity contribution in [1.29, 1.82) is 0 Å². The first-order chi connectivity index (χ1) is 9.04. The van der Waals surface area contributed by atoms with Crippen LogP contribution in [0.5, 0.6) is 0 Å². The van der Waals surface area contributed by atoms with E-state index < -0.39 is 5.97 Å². The van der Waals surface area contributed by atoms with Gasteiger partial charge in [-0.25, -0.2) is 0 Å². The number of aliphatic carboxylic acids is 1. The zero-order chi connectivity index (χ0) is 14.3. The third kappa shape index (κ3) is 5.28. The normalized spacial score (nSPS) is 10.2. The van der Waals surface area contributed by atoms with Crippen LogP contribution in [-0.2, 0) is 20.9 Å². The Hall–Kier alpha value is -1.59. The van der Waals surface area contributed by atoms with Crippen LogP contribution in [0, 0.1) is 0 Å². The van der Waals surface area contributed by atoms with Crippen molar-refractivity contribution >= 4 is 23.5 Å².